The standard InChI is InChI=1S/C13H21NO5/c1-3-19-12(16)11(9-10(2)15)13(14(17)18)7-5-4-6-8-13/h11H,3-9H2,1-2H3. The van der Waals surface area contributed by atoms with Crippen LogP contribution in [0.5, 0.6) is 0 Å². The van der Waals surface area contributed by atoms with Gasteiger partial charge in [0, 0.05) is 24.2 Å². The van der Waals surface area contributed by atoms with Crippen molar-refractivity contribution >= 4 is 11.8 Å². The first-order valence-corrected chi connectivity index (χ1v) is 6.74. The molecular weight excluding hydrogens is 250 g/mol. The summed E-state index contributed by atoms with van der Waals surface area (Å²) < 4.78 is 4.94. The van der Waals surface area contributed by atoms with Crippen molar-refractivity contribution in [3.05, 3.63) is 10.1 Å². The monoisotopic (exact) mass is 271 g/mol. The fourth-order valence-electron chi connectivity index (χ4n) is 2.85. The average molecular weight is 271 g/mol. The Labute approximate surface area is 112 Å². The normalized spacial score (nSPS) is 19.5. The van der Waals surface area contributed by atoms with E-state index in [1.165, 1.54) is 6.92 Å². The third-order valence-corrected chi connectivity index (χ3v) is 3.79. The molecule has 0 saturated heterocycles. The topological polar surface area (TPSA) is 86.5 Å². The molecule has 0 aromatic carbocycles. The van der Waals surface area contributed by atoms with Crippen LogP contribution in [-0.4, -0.2) is 28.8 Å². The molecule has 6 nitrogen and oxygen atoms in total. The van der Waals surface area contributed by atoms with Crippen LogP contribution in [0.1, 0.15) is 52.4 Å². The van der Waals surface area contributed by atoms with E-state index in [2.05, 4.69) is 0 Å². The molecule has 0 spiro atoms. The molecule has 0 aromatic rings. The summed E-state index contributed by atoms with van der Waals surface area (Å²) in [5.41, 5.74) is -1.32. The maximum absolute atomic E-state index is 12.0. The van der Waals surface area contributed by atoms with Crippen LogP contribution in [0.2, 0.25) is 0 Å². The lowest BCUT2D eigenvalue weighted by atomic mass is 9.71. The first kappa shape index (κ1) is 15.6. The summed E-state index contributed by atoms with van der Waals surface area (Å²) in [6.07, 6.45) is 2.95. The van der Waals surface area contributed by atoms with E-state index in [-0.39, 0.29) is 23.7 Å². The summed E-state index contributed by atoms with van der Waals surface area (Å²) in [7, 11) is 0. The highest BCUT2D eigenvalue weighted by molar-refractivity contribution is 5.83. The number of hydrogen-bond acceptors (Lipinski definition) is 5. The largest absolute Gasteiger partial charge is 0.466 e. The predicted octanol–water partition coefficient (Wildman–Crippen LogP) is 2.12. The van der Waals surface area contributed by atoms with Crippen molar-refractivity contribution < 1.29 is 19.2 Å². The zero-order chi connectivity index (χ0) is 14.5. The van der Waals surface area contributed by atoms with Gasteiger partial charge in [0.15, 0.2) is 0 Å². The average Bonchev–Trinajstić information content (AvgIpc) is 2.36. The molecule has 0 radical (unpaired) electrons. The van der Waals surface area contributed by atoms with Gasteiger partial charge in [-0.1, -0.05) is 6.42 Å². The Hall–Kier alpha value is -1.46. The molecule has 108 valence electrons. The van der Waals surface area contributed by atoms with Gasteiger partial charge in [0.25, 0.3) is 0 Å². The van der Waals surface area contributed by atoms with Gasteiger partial charge >= 0.3 is 5.97 Å². The molecule has 1 aliphatic rings. The Balaban J connectivity index is 3.05. The number of carbonyl (C=O) groups is 2. The van der Waals surface area contributed by atoms with Gasteiger partial charge in [0.2, 0.25) is 5.54 Å². The molecule has 6 heteroatoms. The van der Waals surface area contributed by atoms with Gasteiger partial charge < -0.3 is 4.74 Å². The fraction of sp³-hybridized carbons (Fsp3) is 0.846. The van der Waals surface area contributed by atoms with E-state index in [4.69, 9.17) is 4.74 Å². The molecule has 1 fully saturated rings. The fourth-order valence-corrected chi connectivity index (χ4v) is 2.85. The van der Waals surface area contributed by atoms with Crippen molar-refractivity contribution in [2.45, 2.75) is 57.9 Å². The minimum atomic E-state index is -1.32. The second-order valence-electron chi connectivity index (χ2n) is 5.13. The van der Waals surface area contributed by atoms with Crippen molar-refractivity contribution in [2.75, 3.05) is 6.61 Å². The van der Waals surface area contributed by atoms with Crippen LogP contribution >= 0.6 is 0 Å². The molecule has 1 rings (SSSR count). The number of Topliss-reactive ketones (excluding diaryl/α,β-unsaturated/α-hetero) is 1. The van der Waals surface area contributed by atoms with Crippen molar-refractivity contribution in [3.8, 4) is 0 Å². The first-order valence-electron chi connectivity index (χ1n) is 6.74. The van der Waals surface area contributed by atoms with Crippen LogP contribution < -0.4 is 0 Å². The number of ether oxygens (including phenoxy) is 1. The summed E-state index contributed by atoms with van der Waals surface area (Å²) in [6, 6.07) is 0. The Morgan fingerprint density at radius 2 is 1.89 bits per heavy atom. The number of rotatable bonds is 6. The maximum Gasteiger partial charge on any atom is 0.316 e. The summed E-state index contributed by atoms with van der Waals surface area (Å²) in [4.78, 5) is 34.5. The minimum Gasteiger partial charge on any atom is -0.466 e. The van der Waals surface area contributed by atoms with Crippen LogP contribution in [0.3, 0.4) is 0 Å². The van der Waals surface area contributed by atoms with E-state index in [0.717, 1.165) is 19.3 Å². The SMILES string of the molecule is CCOC(=O)C(CC(C)=O)C1([N+](=O)[O-])CCCCC1. The van der Waals surface area contributed by atoms with E-state index in [9.17, 15) is 19.7 Å². The van der Waals surface area contributed by atoms with Gasteiger partial charge in [0.05, 0.1) is 6.61 Å². The van der Waals surface area contributed by atoms with Crippen molar-refractivity contribution in [2.24, 2.45) is 5.92 Å². The zero-order valence-electron chi connectivity index (χ0n) is 11.5. The Morgan fingerprint density at radius 1 is 1.32 bits per heavy atom. The van der Waals surface area contributed by atoms with Gasteiger partial charge in [-0.25, -0.2) is 0 Å². The van der Waals surface area contributed by atoms with Crippen molar-refractivity contribution in [3.63, 3.8) is 0 Å². The third kappa shape index (κ3) is 3.52. The highest BCUT2D eigenvalue weighted by Crippen LogP contribution is 2.39. The number of nitro groups is 1. The van der Waals surface area contributed by atoms with Crippen LogP contribution in [0, 0.1) is 16.0 Å². The lowest BCUT2D eigenvalue weighted by Crippen LogP contribution is -2.51. The highest BCUT2D eigenvalue weighted by atomic mass is 16.6. The molecule has 0 aliphatic heterocycles. The van der Waals surface area contributed by atoms with Gasteiger partial charge in [-0.2, -0.15) is 0 Å². The molecule has 1 aliphatic carbocycles. The van der Waals surface area contributed by atoms with E-state index in [1.54, 1.807) is 6.92 Å². The smallest absolute Gasteiger partial charge is 0.316 e. The van der Waals surface area contributed by atoms with Crippen LogP contribution in [0.25, 0.3) is 0 Å². The van der Waals surface area contributed by atoms with Crippen molar-refractivity contribution in [1.82, 2.24) is 0 Å². The van der Waals surface area contributed by atoms with Crippen LogP contribution in [0.4, 0.5) is 0 Å². The summed E-state index contributed by atoms with van der Waals surface area (Å²) in [6.45, 7) is 3.17. The Kier molecular flexibility index (Phi) is 5.44. The number of ketones is 1. The van der Waals surface area contributed by atoms with E-state index < -0.39 is 17.4 Å². The zero-order valence-corrected chi connectivity index (χ0v) is 11.5. The lowest BCUT2D eigenvalue weighted by Gasteiger charge is -2.34. The molecule has 0 heterocycles. The van der Waals surface area contributed by atoms with E-state index >= 15 is 0 Å². The summed E-state index contributed by atoms with van der Waals surface area (Å²) >= 11 is 0. The molecule has 0 N–H and O–H groups in total. The summed E-state index contributed by atoms with van der Waals surface area (Å²) in [5, 5.41) is 11.5. The van der Waals surface area contributed by atoms with Gasteiger partial charge in [-0.15, -0.1) is 0 Å². The van der Waals surface area contributed by atoms with Crippen LogP contribution in [-0.2, 0) is 14.3 Å². The second kappa shape index (κ2) is 6.63. The number of hydrogen-bond donors (Lipinski definition) is 0. The summed E-state index contributed by atoms with van der Waals surface area (Å²) in [5.74, 6) is -1.79. The molecule has 19 heavy (non-hydrogen) atoms. The highest BCUT2D eigenvalue weighted by Gasteiger charge is 2.55. The van der Waals surface area contributed by atoms with E-state index in [0.29, 0.717) is 12.8 Å². The Morgan fingerprint density at radius 3 is 2.32 bits per heavy atom. The number of nitrogens with zero attached hydrogens (tertiary/aromatic N) is 1. The molecule has 1 saturated carbocycles. The predicted molar refractivity (Wildman–Crippen MR) is 68.2 cm³/mol. The lowest BCUT2D eigenvalue weighted by molar-refractivity contribution is -0.583. The molecule has 0 aromatic heterocycles. The molecule has 1 atom stereocenters. The number of esters is 1. The molecular formula is C13H21NO5. The molecule has 1 unspecified atom stereocenters. The third-order valence-electron chi connectivity index (χ3n) is 3.79. The Bertz CT molecular complexity index is 360. The number of carbonyl (C=O) groups excluding carboxylic acids is 2. The second-order valence-corrected chi connectivity index (χ2v) is 5.13. The molecule has 0 amide bonds. The van der Waals surface area contributed by atoms with Crippen molar-refractivity contribution in [1.29, 1.82) is 0 Å². The molecule has 0 bridgehead atoms. The maximum atomic E-state index is 12.0. The van der Waals surface area contributed by atoms with Gasteiger partial charge in [-0.3, -0.25) is 19.7 Å². The van der Waals surface area contributed by atoms with Crippen LogP contribution in [0.15, 0.2) is 0 Å². The van der Waals surface area contributed by atoms with Gasteiger partial charge in [0.1, 0.15) is 11.7 Å². The van der Waals surface area contributed by atoms with Gasteiger partial charge in [-0.05, 0) is 26.7 Å². The first-order chi connectivity index (χ1) is 8.94. The van der Waals surface area contributed by atoms with E-state index in [1.807, 2.05) is 0 Å². The minimum absolute atomic E-state index is 0.111. The quantitative estimate of drug-likeness (QED) is 0.419.